The first-order valence-electron chi connectivity index (χ1n) is 7.97. The van der Waals surface area contributed by atoms with Crippen LogP contribution in [-0.4, -0.2) is 19.9 Å². The predicted molar refractivity (Wildman–Crippen MR) is 153 cm³/mol. The van der Waals surface area contributed by atoms with Crippen LogP contribution in [0.25, 0.3) is 0 Å². The molecule has 0 bridgehead atoms. The molecule has 0 spiro atoms. The van der Waals surface area contributed by atoms with E-state index in [1.165, 1.54) is 0 Å². The maximum atomic E-state index is 3.78. The minimum Gasteiger partial charge on any atom is -0.265 e. The molecule has 4 rings (SSSR count). The van der Waals surface area contributed by atoms with Crippen LogP contribution in [0.5, 0.6) is 0 Å². The van der Waals surface area contributed by atoms with Gasteiger partial charge >= 0.3 is 118 Å². The zero-order valence-corrected chi connectivity index (χ0v) is 29.8. The topological polar surface area (TPSA) is 51.6 Å². The van der Waals surface area contributed by atoms with Gasteiger partial charge in [-0.25, -0.2) is 0 Å². The summed E-state index contributed by atoms with van der Waals surface area (Å²) in [6, 6.07) is 22.9. The predicted octanol–water partition coefficient (Wildman–Crippen LogP) is 1.87. The van der Waals surface area contributed by atoms with Gasteiger partial charge in [-0.1, -0.05) is 24.3 Å². The number of nitrogens with zero attached hydrogens (tertiary/aromatic N) is 4. The Morgan fingerprint density at radius 3 is 0.484 bits per heavy atom. The van der Waals surface area contributed by atoms with Crippen LogP contribution in [0.4, 0.5) is 0 Å². The van der Waals surface area contributed by atoms with E-state index < -0.39 is 0 Å². The van der Waals surface area contributed by atoms with Gasteiger partial charge < -0.3 is 0 Å². The normalized spacial score (nSPS) is 7.61. The maximum absolute atomic E-state index is 3.78. The van der Waals surface area contributed by atoms with E-state index in [1.54, 1.807) is 49.6 Å². The van der Waals surface area contributed by atoms with Crippen LogP contribution in [0.2, 0.25) is 0 Å². The van der Waals surface area contributed by atoms with Crippen molar-refractivity contribution in [2.45, 2.75) is 0 Å². The standard InChI is InChI=1S/4C5H5N.Cu.2I3/c4*1-2-4-6-5-3-1;;2*1-3-2/h4*1-5H;;;/q;;;;+2;2*-1. The largest absolute Gasteiger partial charge is 2.00 e. The monoisotopic (exact) mass is 1140 g/mol. The fourth-order valence-corrected chi connectivity index (χ4v) is 1.25. The summed E-state index contributed by atoms with van der Waals surface area (Å²) in [5.74, 6) is 0. The van der Waals surface area contributed by atoms with Crippen LogP contribution in [-0.2, 0) is 17.1 Å². The molecule has 0 aliphatic rings. The van der Waals surface area contributed by atoms with Crippen molar-refractivity contribution in [3.8, 4) is 0 Å². The summed E-state index contributed by atoms with van der Waals surface area (Å²) >= 11 is 10.6. The molecule has 0 aliphatic carbocycles. The third-order valence-corrected chi connectivity index (χ3v) is 2.27. The maximum Gasteiger partial charge on any atom is 2.00 e. The third kappa shape index (κ3) is 42.2. The van der Waals surface area contributed by atoms with Crippen LogP contribution >= 0.6 is 74.5 Å². The molecule has 0 aliphatic heterocycles. The summed E-state index contributed by atoms with van der Waals surface area (Å²) in [4.78, 5) is 15.1. The summed E-state index contributed by atoms with van der Waals surface area (Å²) < 4.78 is 0. The molecule has 0 unspecified atom stereocenters. The van der Waals surface area contributed by atoms with Crippen molar-refractivity contribution in [1.82, 2.24) is 19.9 Å². The molecular weight excluding hydrogens is 1120 g/mol. The van der Waals surface area contributed by atoms with Gasteiger partial charge in [0.25, 0.3) is 0 Å². The van der Waals surface area contributed by atoms with E-state index in [1.807, 2.05) is 72.8 Å². The molecule has 4 nitrogen and oxygen atoms in total. The Bertz CT molecular complexity index is 485. The van der Waals surface area contributed by atoms with Crippen LogP contribution in [0, 0.1) is 0 Å². The van der Waals surface area contributed by atoms with E-state index in [0.29, 0.717) is 26.5 Å². The summed E-state index contributed by atoms with van der Waals surface area (Å²) in [6.45, 7) is 0. The Kier molecular flexibility index (Phi) is 46.3. The van der Waals surface area contributed by atoms with E-state index in [-0.39, 0.29) is 17.1 Å². The van der Waals surface area contributed by atoms with Crippen LogP contribution in [0.1, 0.15) is 0 Å². The fourth-order valence-electron chi connectivity index (χ4n) is 1.25. The van der Waals surface area contributed by atoms with Crippen LogP contribution < -0.4 is 26.5 Å². The minimum absolute atomic E-state index is 0. The van der Waals surface area contributed by atoms with Gasteiger partial charge in [0.15, 0.2) is 0 Å². The number of hydrogen-bond donors (Lipinski definition) is 0. The molecule has 0 N–H and O–H groups in total. The summed E-state index contributed by atoms with van der Waals surface area (Å²) in [5, 5.41) is 0. The van der Waals surface area contributed by atoms with E-state index in [0.717, 1.165) is 0 Å². The van der Waals surface area contributed by atoms with E-state index in [4.69, 9.17) is 0 Å². The van der Waals surface area contributed by atoms with Gasteiger partial charge in [-0.3, -0.25) is 19.9 Å². The van der Waals surface area contributed by atoms with Gasteiger partial charge in [0.2, 0.25) is 0 Å². The van der Waals surface area contributed by atoms with Crippen molar-refractivity contribution in [2.24, 2.45) is 0 Å². The average molecular weight is 1140 g/mol. The first-order chi connectivity index (χ1) is 14.8. The first-order valence-corrected chi connectivity index (χ1v) is 33.1. The SMILES string of the molecule is I[I-]I.I[I-]I.[Cu+2].c1ccncc1.c1ccncc1.c1ccncc1.c1ccncc1. The smallest absolute Gasteiger partial charge is 0.265 e. The quantitative estimate of drug-likeness (QED) is 0.200. The van der Waals surface area contributed by atoms with Gasteiger partial charge in [0.05, 0.1) is 0 Å². The van der Waals surface area contributed by atoms with E-state index in [2.05, 4.69) is 94.4 Å². The molecule has 1 radical (unpaired) electrons. The average Bonchev–Trinajstić information content (AvgIpc) is 2.86. The van der Waals surface area contributed by atoms with Crippen LogP contribution in [0.3, 0.4) is 0 Å². The van der Waals surface area contributed by atoms with Gasteiger partial charge in [-0.2, -0.15) is 0 Å². The van der Waals surface area contributed by atoms with Crippen molar-refractivity contribution in [1.29, 1.82) is 0 Å². The number of halogens is 6. The molecule has 4 heterocycles. The Labute approximate surface area is 255 Å². The zero-order valence-electron chi connectivity index (χ0n) is 15.9. The molecule has 11 heteroatoms. The summed E-state index contributed by atoms with van der Waals surface area (Å²) in [7, 11) is 0. The molecule has 0 atom stereocenters. The Morgan fingerprint density at radius 2 is 0.452 bits per heavy atom. The van der Waals surface area contributed by atoms with Gasteiger partial charge in [-0.05, 0) is 48.5 Å². The summed E-state index contributed by atoms with van der Waals surface area (Å²) in [6.07, 6.45) is 14.0. The first kappa shape index (κ1) is 37.1. The molecule has 0 saturated heterocycles. The summed E-state index contributed by atoms with van der Waals surface area (Å²) in [5.41, 5.74) is 0. The minimum atomic E-state index is 0. The number of pyridine rings is 4. The second kappa shape index (κ2) is 38.7. The molecule has 0 amide bonds. The fraction of sp³-hybridized carbons (Fsp3) is 0. The number of rotatable bonds is 0. The Balaban J connectivity index is -0.000000309. The molecular formula is C20H20CuI6N4. The molecule has 4 aromatic rings. The Hall–Kier alpha value is 1.50. The Morgan fingerprint density at radius 1 is 0.323 bits per heavy atom. The number of aromatic nitrogens is 4. The van der Waals surface area contributed by atoms with E-state index >= 15 is 0 Å². The van der Waals surface area contributed by atoms with E-state index in [9.17, 15) is 0 Å². The van der Waals surface area contributed by atoms with Crippen molar-refractivity contribution in [2.75, 3.05) is 0 Å². The molecule has 173 valence electrons. The van der Waals surface area contributed by atoms with Gasteiger partial charge in [0, 0.05) is 49.6 Å². The van der Waals surface area contributed by atoms with Crippen molar-refractivity contribution in [3.63, 3.8) is 0 Å². The van der Waals surface area contributed by atoms with Crippen LogP contribution in [0.15, 0.2) is 122 Å². The molecule has 0 saturated carbocycles. The molecule has 0 aromatic carbocycles. The molecule has 4 aromatic heterocycles. The number of hydrogen-bond acceptors (Lipinski definition) is 4. The van der Waals surface area contributed by atoms with Crippen molar-refractivity contribution < 1.29 is 43.6 Å². The zero-order chi connectivity index (χ0) is 22.4. The van der Waals surface area contributed by atoms with Gasteiger partial charge in [0.1, 0.15) is 0 Å². The third-order valence-electron chi connectivity index (χ3n) is 2.27. The molecule has 0 fully saturated rings. The second-order valence-electron chi connectivity index (χ2n) is 4.21. The van der Waals surface area contributed by atoms with Crippen molar-refractivity contribution >= 4 is 74.5 Å². The molecule has 31 heavy (non-hydrogen) atoms. The van der Waals surface area contributed by atoms with Gasteiger partial charge in [-0.15, -0.1) is 0 Å². The van der Waals surface area contributed by atoms with Crippen molar-refractivity contribution in [3.05, 3.63) is 122 Å². The second-order valence-corrected chi connectivity index (χ2v) is 36.7.